The van der Waals surface area contributed by atoms with Crippen molar-refractivity contribution in [3.8, 4) is 5.75 Å². The van der Waals surface area contributed by atoms with Crippen LogP contribution >= 0.6 is 15.9 Å². The van der Waals surface area contributed by atoms with E-state index >= 15 is 0 Å². The van der Waals surface area contributed by atoms with Crippen LogP contribution in [0.1, 0.15) is 18.4 Å². The van der Waals surface area contributed by atoms with E-state index in [1.54, 1.807) is 7.11 Å². The summed E-state index contributed by atoms with van der Waals surface area (Å²) in [6, 6.07) is 6.27. The van der Waals surface area contributed by atoms with Crippen LogP contribution in [0.4, 0.5) is 0 Å². The van der Waals surface area contributed by atoms with Gasteiger partial charge in [-0.15, -0.1) is 0 Å². The molecule has 1 aromatic rings. The van der Waals surface area contributed by atoms with Gasteiger partial charge in [0.1, 0.15) is 12.4 Å². The van der Waals surface area contributed by atoms with E-state index in [2.05, 4.69) is 38.3 Å². The molecule has 0 saturated carbocycles. The van der Waals surface area contributed by atoms with Crippen LogP contribution in [0.5, 0.6) is 5.75 Å². The molecular formula is C16H25BrN2O2. The van der Waals surface area contributed by atoms with Gasteiger partial charge in [-0.1, -0.05) is 6.07 Å². The van der Waals surface area contributed by atoms with Gasteiger partial charge in [0.25, 0.3) is 0 Å². The highest BCUT2D eigenvalue weighted by Gasteiger charge is 2.11. The van der Waals surface area contributed by atoms with E-state index in [0.29, 0.717) is 0 Å². The maximum atomic E-state index is 5.87. The molecule has 5 heteroatoms. The van der Waals surface area contributed by atoms with Crippen LogP contribution in [0.2, 0.25) is 0 Å². The molecule has 118 valence electrons. The van der Waals surface area contributed by atoms with Gasteiger partial charge in [0.2, 0.25) is 0 Å². The van der Waals surface area contributed by atoms with Gasteiger partial charge >= 0.3 is 0 Å². The number of rotatable bonds is 9. The summed E-state index contributed by atoms with van der Waals surface area (Å²) in [5.74, 6) is 0.926. The largest absolute Gasteiger partial charge is 0.491 e. The Balaban J connectivity index is 1.73. The zero-order valence-electron chi connectivity index (χ0n) is 12.7. The first-order valence-electron chi connectivity index (χ1n) is 7.63. The second-order valence-corrected chi connectivity index (χ2v) is 6.19. The van der Waals surface area contributed by atoms with Crippen LogP contribution in [0, 0.1) is 0 Å². The quantitative estimate of drug-likeness (QED) is 0.689. The molecular weight excluding hydrogens is 332 g/mol. The standard InChI is InChI=1S/C16H25BrN2O2/c1-20-10-6-18-13-14-4-5-16(15(17)12-14)21-11-9-19-7-2-3-8-19/h4-5,12,18H,2-3,6-11,13H2,1H3. The fourth-order valence-corrected chi connectivity index (χ4v) is 3.01. The van der Waals surface area contributed by atoms with Crippen LogP contribution in [-0.2, 0) is 11.3 Å². The number of ether oxygens (including phenoxy) is 2. The Bertz CT molecular complexity index is 423. The van der Waals surface area contributed by atoms with Gasteiger partial charge in [0, 0.05) is 26.7 Å². The molecule has 0 amide bonds. The maximum absolute atomic E-state index is 5.87. The summed E-state index contributed by atoms with van der Waals surface area (Å²) < 4.78 is 11.9. The van der Waals surface area contributed by atoms with Crippen LogP contribution in [0.3, 0.4) is 0 Å². The number of methoxy groups -OCH3 is 1. The summed E-state index contributed by atoms with van der Waals surface area (Å²) in [6.07, 6.45) is 2.66. The second-order valence-electron chi connectivity index (χ2n) is 5.33. The molecule has 2 rings (SSSR count). The van der Waals surface area contributed by atoms with Gasteiger partial charge < -0.3 is 14.8 Å². The fourth-order valence-electron chi connectivity index (χ4n) is 2.47. The number of nitrogens with zero attached hydrogens (tertiary/aromatic N) is 1. The molecule has 0 bridgehead atoms. The molecule has 21 heavy (non-hydrogen) atoms. The van der Waals surface area contributed by atoms with Gasteiger partial charge in [-0.05, 0) is 59.6 Å². The Morgan fingerprint density at radius 1 is 1.24 bits per heavy atom. The normalized spacial score (nSPS) is 15.5. The van der Waals surface area contributed by atoms with Crippen molar-refractivity contribution in [3.63, 3.8) is 0 Å². The van der Waals surface area contributed by atoms with Crippen LogP contribution in [0.15, 0.2) is 22.7 Å². The molecule has 1 heterocycles. The zero-order valence-corrected chi connectivity index (χ0v) is 14.3. The Kier molecular flexibility index (Phi) is 7.50. The van der Waals surface area contributed by atoms with Gasteiger partial charge in [-0.3, -0.25) is 4.90 Å². The highest BCUT2D eigenvalue weighted by atomic mass is 79.9. The minimum Gasteiger partial charge on any atom is -0.491 e. The lowest BCUT2D eigenvalue weighted by Crippen LogP contribution is -2.25. The third kappa shape index (κ3) is 5.94. The van der Waals surface area contributed by atoms with Crippen molar-refractivity contribution in [2.45, 2.75) is 19.4 Å². The lowest BCUT2D eigenvalue weighted by Gasteiger charge is -2.16. The maximum Gasteiger partial charge on any atom is 0.133 e. The van der Waals surface area contributed by atoms with Crippen LogP contribution in [-0.4, -0.2) is 51.4 Å². The van der Waals surface area contributed by atoms with Gasteiger partial charge in [0.15, 0.2) is 0 Å². The highest BCUT2D eigenvalue weighted by molar-refractivity contribution is 9.10. The summed E-state index contributed by atoms with van der Waals surface area (Å²) >= 11 is 3.59. The molecule has 0 unspecified atom stereocenters. The van der Waals surface area contributed by atoms with Gasteiger partial charge in [0.05, 0.1) is 11.1 Å². The molecule has 1 aliphatic rings. The lowest BCUT2D eigenvalue weighted by molar-refractivity contribution is 0.199. The predicted molar refractivity (Wildman–Crippen MR) is 88.9 cm³/mol. The fraction of sp³-hybridized carbons (Fsp3) is 0.625. The Morgan fingerprint density at radius 3 is 2.76 bits per heavy atom. The lowest BCUT2D eigenvalue weighted by atomic mass is 10.2. The van der Waals surface area contributed by atoms with Crippen molar-refractivity contribution < 1.29 is 9.47 Å². The zero-order chi connectivity index (χ0) is 14.9. The third-order valence-electron chi connectivity index (χ3n) is 3.67. The van der Waals surface area contributed by atoms with Crippen molar-refractivity contribution in [2.24, 2.45) is 0 Å². The SMILES string of the molecule is COCCNCc1ccc(OCCN2CCCC2)c(Br)c1. The summed E-state index contributed by atoms with van der Waals surface area (Å²) in [6.45, 7) is 6.65. The third-order valence-corrected chi connectivity index (χ3v) is 4.29. The second kappa shape index (κ2) is 9.41. The van der Waals surface area contributed by atoms with Crippen LogP contribution in [0.25, 0.3) is 0 Å². The number of benzene rings is 1. The smallest absolute Gasteiger partial charge is 0.133 e. The topological polar surface area (TPSA) is 33.7 Å². The minimum absolute atomic E-state index is 0.735. The van der Waals surface area contributed by atoms with Crippen LogP contribution < -0.4 is 10.1 Å². The van der Waals surface area contributed by atoms with E-state index in [-0.39, 0.29) is 0 Å². The van der Waals surface area contributed by atoms with Crippen molar-refractivity contribution in [1.29, 1.82) is 0 Å². The van der Waals surface area contributed by atoms with E-state index in [1.165, 1.54) is 31.5 Å². The van der Waals surface area contributed by atoms with Crippen molar-refractivity contribution in [1.82, 2.24) is 10.2 Å². The molecule has 0 spiro atoms. The molecule has 1 N–H and O–H groups in total. The first kappa shape index (κ1) is 16.7. The number of likely N-dealkylation sites (tertiary alicyclic amines) is 1. The molecule has 0 aromatic heterocycles. The van der Waals surface area contributed by atoms with E-state index in [1.807, 2.05) is 6.07 Å². The van der Waals surface area contributed by atoms with Crippen molar-refractivity contribution >= 4 is 15.9 Å². The van der Waals surface area contributed by atoms with E-state index in [0.717, 1.165) is 43.1 Å². The van der Waals surface area contributed by atoms with E-state index < -0.39 is 0 Å². The first-order valence-corrected chi connectivity index (χ1v) is 8.42. The molecule has 0 atom stereocenters. The summed E-state index contributed by atoms with van der Waals surface area (Å²) in [5, 5.41) is 3.34. The minimum atomic E-state index is 0.735. The molecule has 0 radical (unpaired) electrons. The molecule has 4 nitrogen and oxygen atoms in total. The number of halogens is 1. The van der Waals surface area contributed by atoms with Crippen molar-refractivity contribution in [2.75, 3.05) is 46.5 Å². The molecule has 1 aliphatic heterocycles. The average Bonchev–Trinajstić information content (AvgIpc) is 2.99. The number of hydrogen-bond donors (Lipinski definition) is 1. The highest BCUT2D eigenvalue weighted by Crippen LogP contribution is 2.26. The van der Waals surface area contributed by atoms with Crippen molar-refractivity contribution in [3.05, 3.63) is 28.2 Å². The molecule has 0 aliphatic carbocycles. The van der Waals surface area contributed by atoms with E-state index in [9.17, 15) is 0 Å². The summed E-state index contributed by atoms with van der Waals surface area (Å²) in [5.41, 5.74) is 1.24. The number of hydrogen-bond acceptors (Lipinski definition) is 4. The van der Waals surface area contributed by atoms with Gasteiger partial charge in [-0.25, -0.2) is 0 Å². The Labute approximate surface area is 135 Å². The van der Waals surface area contributed by atoms with Gasteiger partial charge in [-0.2, -0.15) is 0 Å². The summed E-state index contributed by atoms with van der Waals surface area (Å²) in [4.78, 5) is 2.46. The molecule has 1 aromatic carbocycles. The Hall–Kier alpha value is -0.620. The summed E-state index contributed by atoms with van der Waals surface area (Å²) in [7, 11) is 1.71. The monoisotopic (exact) mass is 356 g/mol. The predicted octanol–water partition coefficient (Wildman–Crippen LogP) is 2.66. The first-order chi connectivity index (χ1) is 10.3. The molecule has 1 saturated heterocycles. The average molecular weight is 357 g/mol. The Morgan fingerprint density at radius 2 is 2.05 bits per heavy atom. The molecule has 1 fully saturated rings. The van der Waals surface area contributed by atoms with E-state index in [4.69, 9.17) is 9.47 Å². The number of nitrogens with one attached hydrogen (secondary N) is 1.